The van der Waals surface area contributed by atoms with Gasteiger partial charge in [-0.25, -0.2) is 13.1 Å². The van der Waals surface area contributed by atoms with E-state index in [0.717, 1.165) is 24.9 Å². The first-order valence-electron chi connectivity index (χ1n) is 14.6. The topological polar surface area (TPSA) is 166 Å². The third-order valence-electron chi connectivity index (χ3n) is 10.1. The number of benzene rings is 2. The van der Waals surface area contributed by atoms with Crippen molar-refractivity contribution in [2.24, 2.45) is 5.92 Å². The zero-order chi connectivity index (χ0) is 30.5. The Morgan fingerprint density at radius 1 is 1.12 bits per heavy atom. The van der Waals surface area contributed by atoms with Gasteiger partial charge in [0.2, 0.25) is 0 Å². The number of aliphatic hydroxyl groups is 2. The van der Waals surface area contributed by atoms with Gasteiger partial charge in [-0.15, -0.1) is 0 Å². The summed E-state index contributed by atoms with van der Waals surface area (Å²) in [6, 6.07) is 10.4. The molecule has 3 aliphatic carbocycles. The van der Waals surface area contributed by atoms with Crippen LogP contribution in [0, 0.1) is 5.92 Å². The van der Waals surface area contributed by atoms with Crippen molar-refractivity contribution < 1.29 is 38.1 Å². The number of ether oxygens (including phenoxy) is 1. The van der Waals surface area contributed by atoms with E-state index < -0.39 is 44.5 Å². The Morgan fingerprint density at radius 2 is 1.84 bits per heavy atom. The molecule has 4 atom stereocenters. The monoisotopic (exact) mass is 609 g/mol. The van der Waals surface area contributed by atoms with Crippen molar-refractivity contribution in [1.29, 1.82) is 0 Å². The van der Waals surface area contributed by atoms with Crippen LogP contribution >= 0.6 is 0 Å². The Bertz CT molecular complexity index is 1690. The van der Waals surface area contributed by atoms with Crippen LogP contribution in [0.3, 0.4) is 0 Å². The number of likely N-dealkylation sites (tertiary alicyclic amines) is 1. The van der Waals surface area contributed by atoms with E-state index in [1.807, 2.05) is 10.8 Å². The SMILES string of the molecule is CC(C)(NC(=O)C1=C(O)[C@@H]2Oc3c(O)ccc4c3[C@@]23CCN(CC2CC2)[C@H](C4)[C@]3(O)C1)C(=O)NS(=O)(=O)c1ccccc1. The number of carbonyl (C=O) groups is 2. The molecule has 43 heavy (non-hydrogen) atoms. The number of aliphatic hydroxyl groups excluding tert-OH is 1. The third-order valence-corrected chi connectivity index (χ3v) is 11.4. The summed E-state index contributed by atoms with van der Waals surface area (Å²) >= 11 is 0. The van der Waals surface area contributed by atoms with E-state index >= 15 is 0 Å². The van der Waals surface area contributed by atoms with Crippen LogP contribution in [0.5, 0.6) is 11.5 Å². The summed E-state index contributed by atoms with van der Waals surface area (Å²) in [5, 5.41) is 37.7. The highest BCUT2D eigenvalue weighted by Crippen LogP contribution is 2.66. The molecule has 11 nitrogen and oxygen atoms in total. The molecule has 1 saturated carbocycles. The number of sulfonamides is 1. The highest BCUT2D eigenvalue weighted by molar-refractivity contribution is 7.90. The van der Waals surface area contributed by atoms with E-state index in [1.54, 1.807) is 12.1 Å². The standard InChI is InChI=1S/C31H35N3O8S/c1-29(2,28(38)33-43(40,41)19-6-4-3-5-7-19)32-27(37)20-15-31(39)22-14-18-10-11-21(35)25-23(18)30(31,26(42-25)24(20)36)12-13-34(22)16-17-8-9-17/h3-7,10-11,17,22,26,35-36,39H,8-9,12-16H2,1-2H3,(H,32,37)(H,33,38)/t22-,26+,30+,31-/m1/s1. The van der Waals surface area contributed by atoms with Crippen LogP contribution in [-0.4, -0.2) is 76.8 Å². The Labute approximate surface area is 249 Å². The van der Waals surface area contributed by atoms with E-state index in [4.69, 9.17) is 4.74 Å². The first kappa shape index (κ1) is 28.2. The van der Waals surface area contributed by atoms with Crippen molar-refractivity contribution in [3.63, 3.8) is 0 Å². The summed E-state index contributed by atoms with van der Waals surface area (Å²) in [6.45, 7) is 4.22. The molecule has 1 spiro atoms. The molecule has 2 amide bonds. The maximum atomic E-state index is 13.8. The number of amides is 2. The zero-order valence-electron chi connectivity index (χ0n) is 24.0. The number of rotatable bonds is 7. The molecule has 2 heterocycles. The summed E-state index contributed by atoms with van der Waals surface area (Å²) in [4.78, 5) is 29.1. The Morgan fingerprint density at radius 3 is 2.53 bits per heavy atom. The Kier molecular flexibility index (Phi) is 6.03. The fraction of sp³-hybridized carbons (Fsp3) is 0.484. The Balaban J connectivity index is 1.22. The smallest absolute Gasteiger partial charge is 0.264 e. The molecule has 12 heteroatoms. The minimum absolute atomic E-state index is 0.0973. The number of hydrogen-bond donors (Lipinski definition) is 5. The van der Waals surface area contributed by atoms with Gasteiger partial charge in [0.15, 0.2) is 17.6 Å². The van der Waals surface area contributed by atoms with E-state index in [-0.39, 0.29) is 40.2 Å². The van der Waals surface area contributed by atoms with Crippen LogP contribution in [0.4, 0.5) is 0 Å². The van der Waals surface area contributed by atoms with Gasteiger partial charge in [0.25, 0.3) is 21.8 Å². The third kappa shape index (κ3) is 4.02. The average molecular weight is 610 g/mol. The molecule has 0 unspecified atom stereocenters. The van der Waals surface area contributed by atoms with Crippen LogP contribution in [0.2, 0.25) is 0 Å². The van der Waals surface area contributed by atoms with E-state index in [0.29, 0.717) is 30.9 Å². The fourth-order valence-corrected chi connectivity index (χ4v) is 8.82. The predicted molar refractivity (Wildman–Crippen MR) is 154 cm³/mol. The molecule has 2 aromatic rings. The zero-order valence-corrected chi connectivity index (χ0v) is 24.8. The van der Waals surface area contributed by atoms with Crippen LogP contribution in [-0.2, 0) is 31.4 Å². The Hall–Kier alpha value is -3.61. The predicted octanol–water partition coefficient (Wildman–Crippen LogP) is 1.78. The van der Waals surface area contributed by atoms with E-state index in [2.05, 4.69) is 10.2 Å². The molecule has 5 aliphatic rings. The van der Waals surface area contributed by atoms with Crippen molar-refractivity contribution in [3.8, 4) is 11.5 Å². The van der Waals surface area contributed by atoms with E-state index in [1.165, 1.54) is 38.1 Å². The number of carbonyl (C=O) groups excluding carboxylic acids is 2. The molecule has 0 radical (unpaired) electrons. The lowest BCUT2D eigenvalue weighted by Crippen LogP contribution is -2.76. The summed E-state index contributed by atoms with van der Waals surface area (Å²) in [5.41, 5.74) is -2.79. The first-order chi connectivity index (χ1) is 20.3. The molecular formula is C31H35N3O8S. The molecule has 2 bridgehead atoms. The van der Waals surface area contributed by atoms with Crippen molar-refractivity contribution in [1.82, 2.24) is 14.9 Å². The molecule has 228 valence electrons. The molecular weight excluding hydrogens is 574 g/mol. The van der Waals surface area contributed by atoms with Crippen LogP contribution in [0.25, 0.3) is 0 Å². The van der Waals surface area contributed by atoms with Crippen molar-refractivity contribution in [3.05, 3.63) is 64.9 Å². The minimum Gasteiger partial charge on any atom is -0.508 e. The molecule has 7 rings (SSSR count). The van der Waals surface area contributed by atoms with Gasteiger partial charge in [-0.3, -0.25) is 14.5 Å². The van der Waals surface area contributed by atoms with Gasteiger partial charge in [0.05, 0.1) is 21.5 Å². The second-order valence-electron chi connectivity index (χ2n) is 13.1. The molecule has 2 aromatic carbocycles. The number of hydrogen-bond acceptors (Lipinski definition) is 9. The number of aromatic hydroxyl groups is 1. The lowest BCUT2D eigenvalue weighted by atomic mass is 9.49. The van der Waals surface area contributed by atoms with Crippen molar-refractivity contribution in [2.45, 2.75) is 79.5 Å². The van der Waals surface area contributed by atoms with Gasteiger partial charge in [-0.1, -0.05) is 24.3 Å². The van der Waals surface area contributed by atoms with Gasteiger partial charge in [-0.2, -0.15) is 0 Å². The summed E-state index contributed by atoms with van der Waals surface area (Å²) in [5.74, 6) is -1.48. The molecule has 2 fully saturated rings. The van der Waals surface area contributed by atoms with Crippen LogP contribution in [0.15, 0.2) is 58.7 Å². The van der Waals surface area contributed by atoms with Crippen LogP contribution < -0.4 is 14.8 Å². The maximum absolute atomic E-state index is 13.8. The number of nitrogens with one attached hydrogen (secondary N) is 2. The fourth-order valence-electron chi connectivity index (χ4n) is 7.69. The number of piperidine rings is 1. The van der Waals surface area contributed by atoms with Crippen molar-refractivity contribution >= 4 is 21.8 Å². The van der Waals surface area contributed by atoms with Crippen molar-refractivity contribution in [2.75, 3.05) is 13.1 Å². The number of nitrogens with zero attached hydrogens (tertiary/aromatic N) is 1. The molecule has 5 N–H and O–H groups in total. The van der Waals surface area contributed by atoms with Gasteiger partial charge < -0.3 is 25.4 Å². The quantitative estimate of drug-likeness (QED) is 0.315. The van der Waals surface area contributed by atoms with Gasteiger partial charge >= 0.3 is 0 Å². The second kappa shape index (κ2) is 9.20. The van der Waals surface area contributed by atoms with Gasteiger partial charge in [0, 0.05) is 24.6 Å². The first-order valence-corrected chi connectivity index (χ1v) is 16.1. The molecule has 2 aliphatic heterocycles. The maximum Gasteiger partial charge on any atom is 0.264 e. The lowest BCUT2D eigenvalue weighted by molar-refractivity contribution is -0.172. The summed E-state index contributed by atoms with van der Waals surface area (Å²) in [6.07, 6.45) is 1.91. The largest absolute Gasteiger partial charge is 0.508 e. The highest BCUT2D eigenvalue weighted by atomic mass is 32.2. The average Bonchev–Trinajstić information content (AvgIpc) is 3.70. The van der Waals surface area contributed by atoms with Gasteiger partial charge in [-0.05, 0) is 75.8 Å². The summed E-state index contributed by atoms with van der Waals surface area (Å²) in [7, 11) is -4.20. The number of phenolic OH excluding ortho intramolecular Hbond substituents is 1. The summed E-state index contributed by atoms with van der Waals surface area (Å²) < 4.78 is 33.8. The van der Waals surface area contributed by atoms with Crippen LogP contribution in [0.1, 0.15) is 50.7 Å². The van der Waals surface area contributed by atoms with Gasteiger partial charge in [0.1, 0.15) is 11.3 Å². The second-order valence-corrected chi connectivity index (χ2v) is 14.8. The highest BCUT2D eigenvalue weighted by Gasteiger charge is 2.73. The normalized spacial score (nSPS) is 29.5. The molecule has 1 saturated heterocycles. The molecule has 0 aromatic heterocycles. The number of phenols is 1. The lowest BCUT2D eigenvalue weighted by Gasteiger charge is -2.62. The van der Waals surface area contributed by atoms with E-state index in [9.17, 15) is 33.3 Å². The minimum atomic E-state index is -4.20.